The van der Waals surface area contributed by atoms with Crippen molar-refractivity contribution in [1.29, 1.82) is 0 Å². The summed E-state index contributed by atoms with van der Waals surface area (Å²) in [6.07, 6.45) is 1.11. The average molecular weight is 258 g/mol. The minimum atomic E-state index is 0.160. The summed E-state index contributed by atoms with van der Waals surface area (Å²) in [7, 11) is 0. The van der Waals surface area contributed by atoms with Crippen molar-refractivity contribution in [3.63, 3.8) is 0 Å². The summed E-state index contributed by atoms with van der Waals surface area (Å²) in [4.78, 5) is 0. The molecule has 1 unspecified atom stereocenters. The Labute approximate surface area is 91.3 Å². The first-order chi connectivity index (χ1) is 6.77. The van der Waals surface area contributed by atoms with E-state index < -0.39 is 0 Å². The molecule has 1 aliphatic rings. The first-order valence-electron chi connectivity index (χ1n) is 4.56. The fraction of sp³-hybridized carbons (Fsp3) is 0.400. The van der Waals surface area contributed by atoms with Gasteiger partial charge in [0.1, 0.15) is 11.9 Å². The first-order valence-corrected chi connectivity index (χ1v) is 5.35. The molecule has 1 saturated heterocycles. The third-order valence-electron chi connectivity index (χ3n) is 2.17. The molecule has 0 saturated carbocycles. The summed E-state index contributed by atoms with van der Waals surface area (Å²) < 4.78 is 11.8. The zero-order valence-electron chi connectivity index (χ0n) is 7.70. The maximum absolute atomic E-state index is 5.74. The Balaban J connectivity index is 2.11. The lowest BCUT2D eigenvalue weighted by Gasteiger charge is -2.13. The molecule has 1 aromatic rings. The van der Waals surface area contributed by atoms with Crippen LogP contribution in [0.2, 0.25) is 0 Å². The van der Waals surface area contributed by atoms with E-state index in [1.165, 1.54) is 0 Å². The molecular formula is C10H12BrNO2. The highest BCUT2D eigenvalue weighted by Crippen LogP contribution is 2.31. The molecule has 0 radical (unpaired) electrons. The van der Waals surface area contributed by atoms with E-state index in [2.05, 4.69) is 15.9 Å². The molecule has 76 valence electrons. The van der Waals surface area contributed by atoms with E-state index in [-0.39, 0.29) is 6.10 Å². The van der Waals surface area contributed by atoms with Gasteiger partial charge in [0.2, 0.25) is 0 Å². The van der Waals surface area contributed by atoms with Gasteiger partial charge < -0.3 is 15.2 Å². The van der Waals surface area contributed by atoms with Gasteiger partial charge in [-0.05, 0) is 28.1 Å². The molecule has 2 rings (SSSR count). The van der Waals surface area contributed by atoms with Gasteiger partial charge in [0.15, 0.2) is 0 Å². The van der Waals surface area contributed by atoms with Gasteiger partial charge in [-0.1, -0.05) is 6.07 Å². The molecule has 1 aromatic carbocycles. The number of benzene rings is 1. The van der Waals surface area contributed by atoms with Crippen molar-refractivity contribution in [3.05, 3.63) is 22.7 Å². The van der Waals surface area contributed by atoms with Crippen molar-refractivity contribution in [2.75, 3.05) is 18.9 Å². The Kier molecular flexibility index (Phi) is 2.93. The van der Waals surface area contributed by atoms with Crippen molar-refractivity contribution in [2.24, 2.45) is 0 Å². The van der Waals surface area contributed by atoms with Crippen LogP contribution in [0.15, 0.2) is 22.7 Å². The van der Waals surface area contributed by atoms with Crippen molar-refractivity contribution < 1.29 is 9.47 Å². The minimum Gasteiger partial charge on any atom is -0.487 e. The third kappa shape index (κ3) is 2.01. The Morgan fingerprint density at radius 3 is 3.07 bits per heavy atom. The van der Waals surface area contributed by atoms with Gasteiger partial charge in [-0.2, -0.15) is 0 Å². The van der Waals surface area contributed by atoms with Crippen LogP contribution in [0.25, 0.3) is 0 Å². The van der Waals surface area contributed by atoms with Gasteiger partial charge in [-0.3, -0.25) is 0 Å². The van der Waals surface area contributed by atoms with Crippen LogP contribution in [0.3, 0.4) is 0 Å². The molecule has 1 aliphatic heterocycles. The van der Waals surface area contributed by atoms with E-state index in [0.29, 0.717) is 12.3 Å². The molecule has 0 aliphatic carbocycles. The summed E-state index contributed by atoms with van der Waals surface area (Å²) in [5.74, 6) is 0.792. The predicted molar refractivity (Wildman–Crippen MR) is 58.4 cm³/mol. The highest BCUT2D eigenvalue weighted by Gasteiger charge is 2.18. The third-order valence-corrected chi connectivity index (χ3v) is 3.02. The predicted octanol–water partition coefficient (Wildman–Crippen LogP) is 2.20. The molecule has 1 fully saturated rings. The topological polar surface area (TPSA) is 44.5 Å². The number of rotatable bonds is 2. The number of nitrogen functional groups attached to an aromatic ring is 1. The molecule has 0 spiro atoms. The van der Waals surface area contributed by atoms with Crippen LogP contribution in [0.4, 0.5) is 5.69 Å². The van der Waals surface area contributed by atoms with Crippen molar-refractivity contribution >= 4 is 21.6 Å². The van der Waals surface area contributed by atoms with E-state index in [4.69, 9.17) is 15.2 Å². The Morgan fingerprint density at radius 2 is 2.36 bits per heavy atom. The summed E-state index contributed by atoms with van der Waals surface area (Å²) in [5.41, 5.74) is 6.43. The Morgan fingerprint density at radius 1 is 1.50 bits per heavy atom. The summed E-state index contributed by atoms with van der Waals surface area (Å²) in [6, 6.07) is 5.62. The van der Waals surface area contributed by atoms with E-state index >= 15 is 0 Å². The average Bonchev–Trinajstić information content (AvgIpc) is 2.66. The highest BCUT2D eigenvalue weighted by molar-refractivity contribution is 9.10. The van der Waals surface area contributed by atoms with Gasteiger partial charge in [0.25, 0.3) is 0 Å². The van der Waals surface area contributed by atoms with Gasteiger partial charge in [-0.25, -0.2) is 0 Å². The lowest BCUT2D eigenvalue weighted by atomic mass is 10.3. The number of nitrogens with two attached hydrogens (primary N) is 1. The molecular weight excluding hydrogens is 246 g/mol. The largest absolute Gasteiger partial charge is 0.487 e. The van der Waals surface area contributed by atoms with Gasteiger partial charge in [0, 0.05) is 12.1 Å². The standard InChI is InChI=1S/C10H12BrNO2/c11-10-8(12)2-1-3-9(10)14-7-4-5-13-6-7/h1-3,7H,4-6,12H2. The van der Waals surface area contributed by atoms with Gasteiger partial charge in [-0.15, -0.1) is 0 Å². The Bertz CT molecular complexity index is 324. The second-order valence-electron chi connectivity index (χ2n) is 3.26. The molecule has 2 N–H and O–H groups in total. The SMILES string of the molecule is Nc1cccc(OC2CCOC2)c1Br. The number of anilines is 1. The van der Waals surface area contributed by atoms with Crippen molar-refractivity contribution in [2.45, 2.75) is 12.5 Å². The fourth-order valence-corrected chi connectivity index (χ4v) is 1.76. The molecule has 0 bridgehead atoms. The lowest BCUT2D eigenvalue weighted by molar-refractivity contribution is 0.141. The maximum atomic E-state index is 5.74. The smallest absolute Gasteiger partial charge is 0.136 e. The van der Waals surface area contributed by atoms with Crippen LogP contribution in [0.5, 0.6) is 5.75 Å². The van der Waals surface area contributed by atoms with Crippen molar-refractivity contribution in [3.8, 4) is 5.75 Å². The molecule has 4 heteroatoms. The molecule has 0 aromatic heterocycles. The number of halogens is 1. The number of hydrogen-bond acceptors (Lipinski definition) is 3. The van der Waals surface area contributed by atoms with Gasteiger partial charge >= 0.3 is 0 Å². The molecule has 3 nitrogen and oxygen atoms in total. The zero-order chi connectivity index (χ0) is 9.97. The van der Waals surface area contributed by atoms with Crippen LogP contribution >= 0.6 is 15.9 Å². The second kappa shape index (κ2) is 4.19. The van der Waals surface area contributed by atoms with Gasteiger partial charge in [0.05, 0.1) is 17.7 Å². The van der Waals surface area contributed by atoms with E-state index in [9.17, 15) is 0 Å². The van der Waals surface area contributed by atoms with Crippen molar-refractivity contribution in [1.82, 2.24) is 0 Å². The number of ether oxygens (including phenoxy) is 2. The number of hydrogen-bond donors (Lipinski definition) is 1. The zero-order valence-corrected chi connectivity index (χ0v) is 9.29. The minimum absolute atomic E-state index is 0.160. The van der Waals surface area contributed by atoms with Crippen LogP contribution in [0.1, 0.15) is 6.42 Å². The fourth-order valence-electron chi connectivity index (χ4n) is 1.40. The quantitative estimate of drug-likeness (QED) is 0.827. The summed E-state index contributed by atoms with van der Waals surface area (Å²) in [6.45, 7) is 1.45. The van der Waals surface area contributed by atoms with Crippen LogP contribution in [-0.4, -0.2) is 19.3 Å². The van der Waals surface area contributed by atoms with Crippen LogP contribution in [0, 0.1) is 0 Å². The molecule has 1 atom stereocenters. The molecule has 14 heavy (non-hydrogen) atoms. The normalized spacial score (nSPS) is 21.1. The Hall–Kier alpha value is -0.740. The summed E-state index contributed by atoms with van der Waals surface area (Å²) >= 11 is 3.40. The summed E-state index contributed by atoms with van der Waals surface area (Å²) in [5, 5.41) is 0. The lowest BCUT2D eigenvalue weighted by Crippen LogP contribution is -2.16. The maximum Gasteiger partial charge on any atom is 0.136 e. The van der Waals surface area contributed by atoms with E-state index in [1.807, 2.05) is 18.2 Å². The first kappa shape index (κ1) is 9.80. The highest BCUT2D eigenvalue weighted by atomic mass is 79.9. The molecule has 0 amide bonds. The van der Waals surface area contributed by atoms with Crippen LogP contribution < -0.4 is 10.5 Å². The monoisotopic (exact) mass is 257 g/mol. The van der Waals surface area contributed by atoms with Crippen LogP contribution in [-0.2, 0) is 4.74 Å². The molecule has 1 heterocycles. The van der Waals surface area contributed by atoms with E-state index in [1.54, 1.807) is 0 Å². The second-order valence-corrected chi connectivity index (χ2v) is 4.06. The van der Waals surface area contributed by atoms with E-state index in [0.717, 1.165) is 23.2 Å².